The van der Waals surface area contributed by atoms with Gasteiger partial charge in [-0.05, 0) is 31.2 Å². The number of carbonyl (C=O) groups is 1. The number of hydrogen-bond acceptors (Lipinski definition) is 3. The van der Waals surface area contributed by atoms with Gasteiger partial charge in [-0.15, -0.1) is 0 Å². The van der Waals surface area contributed by atoms with Gasteiger partial charge in [0.05, 0.1) is 6.20 Å². The number of halogens is 2. The van der Waals surface area contributed by atoms with Crippen LogP contribution in [0.15, 0.2) is 35.0 Å². The van der Waals surface area contributed by atoms with Crippen molar-refractivity contribution in [1.29, 1.82) is 0 Å². The van der Waals surface area contributed by atoms with Gasteiger partial charge in [-0.25, -0.2) is 8.78 Å². The van der Waals surface area contributed by atoms with E-state index in [1.54, 1.807) is 6.92 Å². The van der Waals surface area contributed by atoms with Gasteiger partial charge in [0.2, 0.25) is 5.91 Å². The van der Waals surface area contributed by atoms with Crippen LogP contribution >= 0.6 is 0 Å². The minimum absolute atomic E-state index is 0.0151. The van der Waals surface area contributed by atoms with Crippen molar-refractivity contribution in [2.75, 3.05) is 0 Å². The molecule has 1 heterocycles. The molecule has 104 valence electrons. The summed E-state index contributed by atoms with van der Waals surface area (Å²) in [5.74, 6) is -0.961. The molecule has 0 aliphatic carbocycles. The van der Waals surface area contributed by atoms with Gasteiger partial charge >= 0.3 is 0 Å². The van der Waals surface area contributed by atoms with Gasteiger partial charge in [0.1, 0.15) is 17.4 Å². The largest absolute Gasteiger partial charge is 0.361 e. The zero-order valence-electron chi connectivity index (χ0n) is 10.7. The van der Waals surface area contributed by atoms with Crippen molar-refractivity contribution in [1.82, 2.24) is 10.5 Å². The van der Waals surface area contributed by atoms with Gasteiger partial charge in [0, 0.05) is 23.7 Å². The lowest BCUT2D eigenvalue weighted by Gasteiger charge is -2.00. The third-order valence-corrected chi connectivity index (χ3v) is 2.68. The fraction of sp³-hybridized carbons (Fsp3) is 0.143. The Hall–Kier alpha value is -2.50. The average molecular weight is 278 g/mol. The molecule has 1 N–H and O–H groups in total. The van der Waals surface area contributed by atoms with E-state index < -0.39 is 17.5 Å². The van der Waals surface area contributed by atoms with E-state index in [9.17, 15) is 13.6 Å². The van der Waals surface area contributed by atoms with Crippen molar-refractivity contribution >= 4 is 12.0 Å². The molecule has 0 aliphatic heterocycles. The maximum Gasteiger partial charge on any atom is 0.244 e. The highest BCUT2D eigenvalue weighted by molar-refractivity contribution is 5.91. The van der Waals surface area contributed by atoms with Crippen LogP contribution in [-0.2, 0) is 11.3 Å². The second-order valence-corrected chi connectivity index (χ2v) is 4.12. The van der Waals surface area contributed by atoms with E-state index in [0.29, 0.717) is 5.76 Å². The smallest absolute Gasteiger partial charge is 0.244 e. The molecule has 0 aliphatic rings. The molecule has 0 fully saturated rings. The minimum atomic E-state index is -0.592. The number of nitrogens with zero attached hydrogens (tertiary/aromatic N) is 1. The number of nitrogens with one attached hydrogen (secondary N) is 1. The lowest BCUT2D eigenvalue weighted by Crippen LogP contribution is -2.20. The van der Waals surface area contributed by atoms with Crippen molar-refractivity contribution < 1.29 is 18.1 Å². The van der Waals surface area contributed by atoms with Gasteiger partial charge in [-0.2, -0.15) is 0 Å². The molecule has 2 aromatic rings. The molecular weight excluding hydrogens is 266 g/mol. The molecule has 0 atom stereocenters. The second kappa shape index (κ2) is 6.10. The monoisotopic (exact) mass is 278 g/mol. The summed E-state index contributed by atoms with van der Waals surface area (Å²) in [5, 5.41) is 6.17. The maximum absolute atomic E-state index is 13.3. The molecule has 0 radical (unpaired) electrons. The fourth-order valence-corrected chi connectivity index (χ4v) is 1.54. The first kappa shape index (κ1) is 13.9. The van der Waals surface area contributed by atoms with Crippen LogP contribution in [0.25, 0.3) is 6.08 Å². The molecule has 4 nitrogen and oxygen atoms in total. The maximum atomic E-state index is 13.3. The van der Waals surface area contributed by atoms with Crippen LogP contribution in [0.3, 0.4) is 0 Å². The van der Waals surface area contributed by atoms with Crippen molar-refractivity contribution in [3.63, 3.8) is 0 Å². The van der Waals surface area contributed by atoms with Crippen molar-refractivity contribution in [2.45, 2.75) is 13.5 Å². The normalized spacial score (nSPS) is 10.9. The number of carbonyl (C=O) groups excluding carboxylic acids is 1. The molecule has 0 saturated carbocycles. The first-order valence-electron chi connectivity index (χ1n) is 5.87. The van der Waals surface area contributed by atoms with Crippen LogP contribution < -0.4 is 5.32 Å². The van der Waals surface area contributed by atoms with Crippen LogP contribution in [0.2, 0.25) is 0 Å². The topological polar surface area (TPSA) is 55.1 Å². The summed E-state index contributed by atoms with van der Waals surface area (Å²) in [4.78, 5) is 11.6. The number of rotatable bonds is 4. The summed E-state index contributed by atoms with van der Waals surface area (Å²) in [6, 6.07) is 3.04. The summed E-state index contributed by atoms with van der Waals surface area (Å²) in [6.07, 6.45) is 3.86. The second-order valence-electron chi connectivity index (χ2n) is 4.12. The number of amides is 1. The Balaban J connectivity index is 1.96. The van der Waals surface area contributed by atoms with Gasteiger partial charge in [-0.3, -0.25) is 4.79 Å². The third kappa shape index (κ3) is 3.50. The van der Waals surface area contributed by atoms with Gasteiger partial charge in [-0.1, -0.05) is 5.16 Å². The van der Waals surface area contributed by atoms with E-state index >= 15 is 0 Å². The highest BCUT2D eigenvalue weighted by atomic mass is 19.1. The quantitative estimate of drug-likeness (QED) is 0.875. The molecule has 2 rings (SSSR count). The molecule has 6 heteroatoms. The highest BCUT2D eigenvalue weighted by Gasteiger charge is 2.04. The molecular formula is C14H12F2N2O2. The summed E-state index contributed by atoms with van der Waals surface area (Å²) < 4.78 is 31.1. The fourth-order valence-electron chi connectivity index (χ4n) is 1.54. The molecule has 0 saturated heterocycles. The lowest BCUT2D eigenvalue weighted by molar-refractivity contribution is -0.116. The Morgan fingerprint density at radius 1 is 1.45 bits per heavy atom. The van der Waals surface area contributed by atoms with Crippen LogP contribution in [0.4, 0.5) is 8.78 Å². The summed E-state index contributed by atoms with van der Waals surface area (Å²) >= 11 is 0. The molecule has 0 spiro atoms. The van der Waals surface area contributed by atoms with Crippen molar-refractivity contribution in [2.24, 2.45) is 0 Å². The first-order valence-corrected chi connectivity index (χ1v) is 5.87. The van der Waals surface area contributed by atoms with Gasteiger partial charge < -0.3 is 9.84 Å². The van der Waals surface area contributed by atoms with Gasteiger partial charge in [0.25, 0.3) is 0 Å². The number of benzene rings is 1. The van der Waals surface area contributed by atoms with E-state index in [0.717, 1.165) is 29.8 Å². The molecule has 0 unspecified atom stereocenters. The van der Waals surface area contributed by atoms with E-state index in [2.05, 4.69) is 10.5 Å². The average Bonchev–Trinajstić information content (AvgIpc) is 2.83. The Morgan fingerprint density at radius 3 is 2.95 bits per heavy atom. The Morgan fingerprint density at radius 2 is 2.25 bits per heavy atom. The van der Waals surface area contributed by atoms with E-state index in [1.165, 1.54) is 12.3 Å². The minimum Gasteiger partial charge on any atom is -0.361 e. The van der Waals surface area contributed by atoms with E-state index in [1.807, 2.05) is 0 Å². The van der Waals surface area contributed by atoms with Crippen molar-refractivity contribution in [3.05, 3.63) is 59.0 Å². The number of aryl methyl sites for hydroxylation is 1. The van der Waals surface area contributed by atoms with Crippen LogP contribution in [-0.4, -0.2) is 11.1 Å². The molecule has 20 heavy (non-hydrogen) atoms. The third-order valence-electron chi connectivity index (χ3n) is 2.68. The van der Waals surface area contributed by atoms with E-state index in [4.69, 9.17) is 4.52 Å². The number of aromatic nitrogens is 1. The summed E-state index contributed by atoms with van der Waals surface area (Å²) in [6.45, 7) is 1.98. The van der Waals surface area contributed by atoms with Crippen molar-refractivity contribution in [3.8, 4) is 0 Å². The molecule has 1 amide bonds. The molecule has 1 aromatic carbocycles. The van der Waals surface area contributed by atoms with E-state index in [-0.39, 0.29) is 12.1 Å². The standard InChI is InChI=1S/C14H12F2N2O2/c1-9-11(8-18-20-9)7-17-14(19)5-2-10-6-12(15)3-4-13(10)16/h2-6,8H,7H2,1H3,(H,17,19)/b5-2+. The zero-order chi connectivity index (χ0) is 14.5. The van der Waals surface area contributed by atoms with Crippen LogP contribution in [0.1, 0.15) is 16.9 Å². The molecule has 1 aromatic heterocycles. The predicted molar refractivity (Wildman–Crippen MR) is 68.5 cm³/mol. The zero-order valence-corrected chi connectivity index (χ0v) is 10.7. The SMILES string of the molecule is Cc1oncc1CNC(=O)/C=C/c1cc(F)ccc1F. The Bertz CT molecular complexity index is 650. The Kier molecular flexibility index (Phi) is 4.24. The van der Waals surface area contributed by atoms with Crippen LogP contribution in [0, 0.1) is 18.6 Å². The highest BCUT2D eigenvalue weighted by Crippen LogP contribution is 2.11. The molecule has 0 bridgehead atoms. The Labute approximate surface area is 114 Å². The lowest BCUT2D eigenvalue weighted by atomic mass is 10.2. The predicted octanol–water partition coefficient (Wildman–Crippen LogP) is 2.59. The first-order chi connectivity index (χ1) is 9.56. The number of hydrogen-bond donors (Lipinski definition) is 1. The summed E-state index contributed by atoms with van der Waals surface area (Å²) in [7, 11) is 0. The van der Waals surface area contributed by atoms with Gasteiger partial charge in [0.15, 0.2) is 0 Å². The van der Waals surface area contributed by atoms with Crippen LogP contribution in [0.5, 0.6) is 0 Å². The summed E-state index contributed by atoms with van der Waals surface area (Å²) in [5.41, 5.74) is 0.769.